The topological polar surface area (TPSA) is 198 Å². The monoisotopic (exact) mass is 708 g/mol. The molecule has 0 aromatic heterocycles. The van der Waals surface area contributed by atoms with Gasteiger partial charge in [0.1, 0.15) is 5.82 Å². The number of benzene rings is 3. The molecule has 1 heterocycles. The number of esters is 1. The van der Waals surface area contributed by atoms with Crippen LogP contribution in [0.2, 0.25) is 0 Å². The molecule has 0 bridgehead atoms. The Morgan fingerprint density at radius 1 is 1.04 bits per heavy atom. The van der Waals surface area contributed by atoms with Gasteiger partial charge in [0.25, 0.3) is 5.91 Å². The summed E-state index contributed by atoms with van der Waals surface area (Å²) in [6.45, 7) is -1.51. The fourth-order valence-electron chi connectivity index (χ4n) is 4.85. The molecule has 49 heavy (non-hydrogen) atoms. The van der Waals surface area contributed by atoms with E-state index in [1.54, 1.807) is 30.3 Å². The second-order valence-electron chi connectivity index (χ2n) is 10.7. The third-order valence-corrected chi connectivity index (χ3v) is 7.54. The van der Waals surface area contributed by atoms with Crippen LogP contribution in [0.5, 0.6) is 0 Å². The predicted molar refractivity (Wildman–Crippen MR) is 164 cm³/mol. The van der Waals surface area contributed by atoms with Gasteiger partial charge in [-0.15, -0.1) is 0 Å². The summed E-state index contributed by atoms with van der Waals surface area (Å²) in [7, 11) is -4.83. The van der Waals surface area contributed by atoms with E-state index in [0.29, 0.717) is 10.5 Å². The summed E-state index contributed by atoms with van der Waals surface area (Å²) in [4.78, 5) is 74.9. The first-order valence-corrected chi connectivity index (χ1v) is 15.9. The van der Waals surface area contributed by atoms with Crippen LogP contribution in [-0.4, -0.2) is 58.3 Å². The van der Waals surface area contributed by atoms with Crippen molar-refractivity contribution in [2.45, 2.75) is 38.2 Å². The van der Waals surface area contributed by atoms with Crippen LogP contribution >= 0.6 is 7.82 Å². The van der Waals surface area contributed by atoms with Crippen molar-refractivity contribution < 1.29 is 60.4 Å². The number of hydrogen-bond donors (Lipinski definition) is 4. The van der Waals surface area contributed by atoms with Crippen LogP contribution in [-0.2, 0) is 34.8 Å². The molecule has 18 heteroatoms. The van der Waals surface area contributed by atoms with Crippen molar-refractivity contribution in [1.29, 1.82) is 0 Å². The van der Waals surface area contributed by atoms with Crippen molar-refractivity contribution in [2.24, 2.45) is 16.6 Å². The molecule has 0 unspecified atom stereocenters. The van der Waals surface area contributed by atoms with E-state index in [4.69, 9.17) is 20.3 Å². The fourth-order valence-corrected chi connectivity index (χ4v) is 5.17. The molecular formula is C31H29F4N4O9P. The lowest BCUT2D eigenvalue weighted by Crippen LogP contribution is -2.50. The number of halogens is 4. The average molecular weight is 709 g/mol. The largest absolute Gasteiger partial charge is 0.469 e. The molecule has 0 saturated carbocycles. The number of primary amides is 1. The first-order chi connectivity index (χ1) is 23.0. The van der Waals surface area contributed by atoms with Gasteiger partial charge in [-0.05, 0) is 30.2 Å². The molecule has 3 aromatic rings. The van der Waals surface area contributed by atoms with E-state index >= 15 is 4.39 Å². The van der Waals surface area contributed by atoms with Gasteiger partial charge in [-0.25, -0.2) is 18.7 Å². The molecular weight excluding hydrogens is 679 g/mol. The van der Waals surface area contributed by atoms with Gasteiger partial charge in [-0.1, -0.05) is 54.6 Å². The lowest BCUT2D eigenvalue weighted by Gasteiger charge is -2.26. The summed E-state index contributed by atoms with van der Waals surface area (Å²) in [5, 5.41) is 2.25. The molecule has 0 spiro atoms. The van der Waals surface area contributed by atoms with Crippen molar-refractivity contribution in [2.75, 3.05) is 11.6 Å². The van der Waals surface area contributed by atoms with Crippen LogP contribution in [0.3, 0.4) is 0 Å². The van der Waals surface area contributed by atoms with Crippen molar-refractivity contribution in [1.82, 2.24) is 5.32 Å². The van der Waals surface area contributed by atoms with Crippen LogP contribution in [0.1, 0.15) is 46.3 Å². The average Bonchev–Trinajstić information content (AvgIpc) is 3.15. The Morgan fingerprint density at radius 3 is 2.39 bits per heavy atom. The summed E-state index contributed by atoms with van der Waals surface area (Å²) >= 11 is 0. The number of hydrogen-bond acceptors (Lipinski definition) is 8. The molecule has 0 radical (unpaired) electrons. The van der Waals surface area contributed by atoms with E-state index in [2.05, 4.69) is 14.8 Å². The number of nitrogens with one attached hydrogen (secondary N) is 1. The number of nitrogens with zero attached hydrogens (tertiary/aromatic N) is 2. The lowest BCUT2D eigenvalue weighted by molar-refractivity contribution is -0.143. The molecule has 5 N–H and O–H groups in total. The molecule has 0 saturated heterocycles. The number of carbonyl (C=O) groups excluding carboxylic acids is 4. The Bertz CT molecular complexity index is 1800. The van der Waals surface area contributed by atoms with Crippen molar-refractivity contribution in [3.63, 3.8) is 0 Å². The van der Waals surface area contributed by atoms with Gasteiger partial charge in [0, 0.05) is 29.9 Å². The number of amides is 3. The summed E-state index contributed by atoms with van der Waals surface area (Å²) in [5.41, 5.74) is 5.23. The minimum atomic E-state index is -4.83. The molecule has 13 nitrogen and oxygen atoms in total. The molecule has 260 valence electrons. The summed E-state index contributed by atoms with van der Waals surface area (Å²) in [5.74, 6) is -6.97. The predicted octanol–water partition coefficient (Wildman–Crippen LogP) is 3.71. The lowest BCUT2D eigenvalue weighted by atomic mass is 9.97. The molecule has 3 amide bonds. The Kier molecular flexibility index (Phi) is 11.7. The zero-order valence-corrected chi connectivity index (χ0v) is 26.2. The maximum Gasteiger partial charge on any atom is 0.469 e. The number of fused-ring (bicyclic) bond motifs is 1. The summed E-state index contributed by atoms with van der Waals surface area (Å²) < 4.78 is 75.5. The van der Waals surface area contributed by atoms with E-state index in [0.717, 1.165) is 6.07 Å². The number of nitrogens with two attached hydrogens (primary N) is 1. The zero-order chi connectivity index (χ0) is 35.9. The molecule has 0 aliphatic carbocycles. The van der Waals surface area contributed by atoms with Crippen molar-refractivity contribution in [3.8, 4) is 0 Å². The molecule has 3 aromatic carbocycles. The maximum atomic E-state index is 15.6. The summed E-state index contributed by atoms with van der Waals surface area (Å²) in [6.07, 6.45) is -9.60. The highest BCUT2D eigenvalue weighted by atomic mass is 31.2. The fraction of sp³-hybridized carbons (Fsp3) is 0.258. The third kappa shape index (κ3) is 10.3. The maximum absolute atomic E-state index is 15.6. The molecule has 0 fully saturated rings. The minimum Gasteiger partial charge on any atom is -0.440 e. The van der Waals surface area contributed by atoms with E-state index in [1.165, 1.54) is 36.4 Å². The van der Waals surface area contributed by atoms with Gasteiger partial charge in [0.2, 0.25) is 18.0 Å². The van der Waals surface area contributed by atoms with Crippen molar-refractivity contribution >= 4 is 42.9 Å². The van der Waals surface area contributed by atoms with Gasteiger partial charge in [-0.3, -0.25) is 23.8 Å². The highest BCUT2D eigenvalue weighted by Crippen LogP contribution is 2.37. The van der Waals surface area contributed by atoms with E-state index in [1.807, 2.05) is 0 Å². The van der Waals surface area contributed by atoms with Crippen LogP contribution in [0.15, 0.2) is 77.8 Å². The Hall–Kier alpha value is -4.96. The van der Waals surface area contributed by atoms with Crippen LogP contribution in [0.25, 0.3) is 0 Å². The number of phosphoric acid groups is 1. The number of para-hydroxylation sites is 1. The van der Waals surface area contributed by atoms with E-state index < -0.39 is 93.9 Å². The second kappa shape index (κ2) is 15.5. The first-order valence-electron chi connectivity index (χ1n) is 14.4. The smallest absolute Gasteiger partial charge is 0.440 e. The highest BCUT2D eigenvalue weighted by molar-refractivity contribution is 7.46. The van der Waals surface area contributed by atoms with E-state index in [9.17, 15) is 36.9 Å². The molecule has 4 rings (SSSR count). The quantitative estimate of drug-likeness (QED) is 0.116. The van der Waals surface area contributed by atoms with Gasteiger partial charge < -0.3 is 25.6 Å². The Labute approximate surface area is 276 Å². The SMILES string of the molecule is NC(=O)C[C@@H](CCC(F)(F)F)C(=O)N[C@H]1N=C(c2ccccc2)c2cccc(F)c2N(COC(=O)c2cccc(COP(=O)(O)O)c2)C1=O. The number of phosphoric ester groups is 1. The first kappa shape index (κ1) is 36.9. The van der Waals surface area contributed by atoms with Crippen LogP contribution in [0.4, 0.5) is 23.2 Å². The Balaban J connectivity index is 1.70. The molecule has 1 aliphatic heterocycles. The minimum absolute atomic E-state index is 0.00192. The van der Waals surface area contributed by atoms with Gasteiger partial charge >= 0.3 is 20.0 Å². The van der Waals surface area contributed by atoms with Crippen molar-refractivity contribution in [3.05, 3.63) is 101 Å². The van der Waals surface area contributed by atoms with Crippen LogP contribution in [0, 0.1) is 11.7 Å². The standard InChI is InChI=1S/C31H29F4N4O9P/c32-23-11-5-10-22-25(19-7-2-1-3-8-19)37-27(38-28(41)20(15-24(36)40)12-13-31(33,34)35)29(42)39(26(22)23)17-47-30(43)21-9-4-6-18(14-21)16-48-49(44,45)46/h1-11,14,20,27H,12-13,15-17H2,(H2,36,40)(H,38,41)(H2,44,45,46)/t20-,27-/m1/s1. The zero-order valence-electron chi connectivity index (χ0n) is 25.3. The molecule has 2 atom stereocenters. The normalized spacial score (nSPS) is 15.5. The number of aliphatic imine (C=N–C) groups is 1. The van der Waals surface area contributed by atoms with Crippen LogP contribution < -0.4 is 16.0 Å². The van der Waals surface area contributed by atoms with E-state index in [-0.39, 0.29) is 22.4 Å². The number of rotatable bonds is 13. The number of benzodiazepines with no additional fused rings is 1. The third-order valence-electron chi connectivity index (χ3n) is 7.08. The summed E-state index contributed by atoms with van der Waals surface area (Å²) in [6, 6.07) is 17.1. The highest BCUT2D eigenvalue weighted by Gasteiger charge is 2.38. The second-order valence-corrected chi connectivity index (χ2v) is 11.9. The number of anilines is 1. The number of carbonyl (C=O) groups is 4. The number of ether oxygens (including phenoxy) is 1. The molecule has 1 aliphatic rings. The Morgan fingerprint density at radius 2 is 1.73 bits per heavy atom. The van der Waals surface area contributed by atoms with Gasteiger partial charge in [-0.2, -0.15) is 13.2 Å². The van der Waals surface area contributed by atoms with Gasteiger partial charge in [0.15, 0.2) is 6.73 Å². The number of alkyl halides is 3. The van der Waals surface area contributed by atoms with Gasteiger partial charge in [0.05, 0.1) is 23.6 Å².